The molecule has 5 nitrogen and oxygen atoms in total. The van der Waals surface area contributed by atoms with Gasteiger partial charge >= 0.3 is 5.97 Å². The smallest absolute Gasteiger partial charge is 0.328 e. The molecule has 86 valence electrons. The van der Waals surface area contributed by atoms with Gasteiger partial charge in [-0.2, -0.15) is 0 Å². The van der Waals surface area contributed by atoms with Crippen molar-refractivity contribution in [2.24, 2.45) is 0 Å². The molecule has 0 rings (SSSR count). The maximum absolute atomic E-state index is 11.1. The zero-order chi connectivity index (χ0) is 11.7. The van der Waals surface area contributed by atoms with E-state index in [0.717, 1.165) is 19.0 Å². The second-order valence-electron chi connectivity index (χ2n) is 3.15. The predicted octanol–water partition coefficient (Wildman–Crippen LogP) is 0.0852. The molecule has 0 bridgehead atoms. The highest BCUT2D eigenvalue weighted by Gasteiger charge is 2.06. The quantitative estimate of drug-likeness (QED) is 0.589. The fraction of sp³-hybridized carbons (Fsp3) is 0.600. The summed E-state index contributed by atoms with van der Waals surface area (Å²) in [4.78, 5) is 23.2. The van der Waals surface area contributed by atoms with Gasteiger partial charge in [0.25, 0.3) is 0 Å². The van der Waals surface area contributed by atoms with Crippen LogP contribution in [0.4, 0.5) is 0 Å². The summed E-state index contributed by atoms with van der Waals surface area (Å²) in [5, 5.41) is 10.9. The molecule has 0 fully saturated rings. The fourth-order valence-corrected chi connectivity index (χ4v) is 1.14. The van der Waals surface area contributed by atoms with Gasteiger partial charge in [0, 0.05) is 19.7 Å². The summed E-state index contributed by atoms with van der Waals surface area (Å²) in [6, 6.07) is 0. The standard InChI is InChI=1S/C10H18N2O3/c1-3-6-12(8-9(13)11-2)7-4-5-10(14)15/h4-5H,3,6-8H2,1-2H3,(H,11,13)(H,14,15). The van der Waals surface area contributed by atoms with E-state index in [-0.39, 0.29) is 5.91 Å². The minimum absolute atomic E-state index is 0.0628. The van der Waals surface area contributed by atoms with Gasteiger partial charge in [0.15, 0.2) is 0 Å². The summed E-state index contributed by atoms with van der Waals surface area (Å²) in [5.41, 5.74) is 0. The first kappa shape index (κ1) is 13.6. The van der Waals surface area contributed by atoms with E-state index in [9.17, 15) is 9.59 Å². The second kappa shape index (κ2) is 7.99. The summed E-state index contributed by atoms with van der Waals surface area (Å²) in [6.45, 7) is 3.57. The molecular weight excluding hydrogens is 196 g/mol. The van der Waals surface area contributed by atoms with Crippen molar-refractivity contribution >= 4 is 11.9 Å². The van der Waals surface area contributed by atoms with Crippen LogP contribution in [0.25, 0.3) is 0 Å². The lowest BCUT2D eigenvalue weighted by Crippen LogP contribution is -2.36. The third kappa shape index (κ3) is 7.69. The molecule has 0 aromatic heterocycles. The van der Waals surface area contributed by atoms with Crippen molar-refractivity contribution < 1.29 is 14.7 Å². The summed E-state index contributed by atoms with van der Waals surface area (Å²) in [6.07, 6.45) is 3.56. The SMILES string of the molecule is CCCN(CC=CC(=O)O)CC(=O)NC. The van der Waals surface area contributed by atoms with Gasteiger partial charge in [-0.15, -0.1) is 0 Å². The number of nitrogens with zero attached hydrogens (tertiary/aromatic N) is 1. The number of hydrogen-bond donors (Lipinski definition) is 2. The highest BCUT2D eigenvalue weighted by atomic mass is 16.4. The molecular formula is C10H18N2O3. The van der Waals surface area contributed by atoms with E-state index < -0.39 is 5.97 Å². The molecule has 0 spiro atoms. The Morgan fingerprint density at radius 3 is 2.60 bits per heavy atom. The topological polar surface area (TPSA) is 69.6 Å². The van der Waals surface area contributed by atoms with Crippen LogP contribution in [0.3, 0.4) is 0 Å². The molecule has 0 atom stereocenters. The zero-order valence-electron chi connectivity index (χ0n) is 9.19. The third-order valence-corrected chi connectivity index (χ3v) is 1.81. The molecule has 0 heterocycles. The molecule has 0 aromatic rings. The van der Waals surface area contributed by atoms with Crippen LogP contribution in [0.5, 0.6) is 0 Å². The average Bonchev–Trinajstić information content (AvgIpc) is 2.17. The first-order valence-electron chi connectivity index (χ1n) is 4.92. The number of nitrogens with one attached hydrogen (secondary N) is 1. The van der Waals surface area contributed by atoms with E-state index in [0.29, 0.717) is 13.1 Å². The summed E-state index contributed by atoms with van der Waals surface area (Å²) < 4.78 is 0. The van der Waals surface area contributed by atoms with E-state index in [1.165, 1.54) is 0 Å². The zero-order valence-corrected chi connectivity index (χ0v) is 9.19. The van der Waals surface area contributed by atoms with E-state index in [1.807, 2.05) is 11.8 Å². The minimum atomic E-state index is -0.966. The third-order valence-electron chi connectivity index (χ3n) is 1.81. The monoisotopic (exact) mass is 214 g/mol. The van der Waals surface area contributed by atoms with Crippen molar-refractivity contribution in [3.63, 3.8) is 0 Å². The van der Waals surface area contributed by atoms with Gasteiger partial charge in [-0.05, 0) is 13.0 Å². The summed E-state index contributed by atoms with van der Waals surface area (Å²) >= 11 is 0. The number of carboxylic acid groups (broad SMARTS) is 1. The first-order chi connectivity index (χ1) is 7.10. The molecule has 0 saturated carbocycles. The fourth-order valence-electron chi connectivity index (χ4n) is 1.14. The largest absolute Gasteiger partial charge is 0.478 e. The van der Waals surface area contributed by atoms with Gasteiger partial charge in [-0.1, -0.05) is 13.0 Å². The summed E-state index contributed by atoms with van der Waals surface area (Å²) in [5.74, 6) is -1.03. The Balaban J connectivity index is 4.03. The van der Waals surface area contributed by atoms with Crippen molar-refractivity contribution in [2.75, 3.05) is 26.7 Å². The molecule has 0 radical (unpaired) electrons. The Morgan fingerprint density at radius 1 is 1.47 bits per heavy atom. The number of carbonyl (C=O) groups excluding carboxylic acids is 1. The van der Waals surface area contributed by atoms with E-state index in [1.54, 1.807) is 13.1 Å². The molecule has 0 saturated heterocycles. The first-order valence-corrected chi connectivity index (χ1v) is 4.92. The maximum atomic E-state index is 11.1. The van der Waals surface area contributed by atoms with E-state index in [2.05, 4.69) is 5.32 Å². The molecule has 15 heavy (non-hydrogen) atoms. The lowest BCUT2D eigenvalue weighted by molar-refractivity contribution is -0.131. The number of aliphatic carboxylic acids is 1. The van der Waals surface area contributed by atoms with Crippen molar-refractivity contribution in [3.8, 4) is 0 Å². The van der Waals surface area contributed by atoms with Crippen LogP contribution in [0.15, 0.2) is 12.2 Å². The van der Waals surface area contributed by atoms with Crippen molar-refractivity contribution in [2.45, 2.75) is 13.3 Å². The number of likely N-dealkylation sites (N-methyl/N-ethyl adjacent to an activating group) is 1. The van der Waals surface area contributed by atoms with Gasteiger partial charge in [0.1, 0.15) is 0 Å². The van der Waals surface area contributed by atoms with Crippen LogP contribution in [-0.2, 0) is 9.59 Å². The van der Waals surface area contributed by atoms with Crippen LogP contribution >= 0.6 is 0 Å². The molecule has 5 heteroatoms. The Morgan fingerprint density at radius 2 is 2.13 bits per heavy atom. The van der Waals surface area contributed by atoms with E-state index in [4.69, 9.17) is 5.11 Å². The Labute approximate surface area is 89.8 Å². The molecule has 0 aliphatic carbocycles. The highest BCUT2D eigenvalue weighted by Crippen LogP contribution is 1.92. The van der Waals surface area contributed by atoms with Crippen LogP contribution in [0.2, 0.25) is 0 Å². The van der Waals surface area contributed by atoms with Gasteiger partial charge in [-0.25, -0.2) is 4.79 Å². The Kier molecular flexibility index (Phi) is 7.27. The van der Waals surface area contributed by atoms with Crippen LogP contribution in [0, 0.1) is 0 Å². The number of hydrogen-bond acceptors (Lipinski definition) is 3. The minimum Gasteiger partial charge on any atom is -0.478 e. The van der Waals surface area contributed by atoms with Gasteiger partial charge in [0.05, 0.1) is 6.54 Å². The van der Waals surface area contributed by atoms with Crippen LogP contribution in [0.1, 0.15) is 13.3 Å². The Bertz CT molecular complexity index is 239. The molecule has 0 aliphatic heterocycles. The van der Waals surface area contributed by atoms with Crippen LogP contribution in [-0.4, -0.2) is 48.6 Å². The second-order valence-corrected chi connectivity index (χ2v) is 3.15. The Hall–Kier alpha value is -1.36. The van der Waals surface area contributed by atoms with Gasteiger partial charge in [-0.3, -0.25) is 9.69 Å². The predicted molar refractivity (Wildman–Crippen MR) is 57.6 cm³/mol. The van der Waals surface area contributed by atoms with Gasteiger partial charge in [0.2, 0.25) is 5.91 Å². The maximum Gasteiger partial charge on any atom is 0.328 e. The summed E-state index contributed by atoms with van der Waals surface area (Å²) in [7, 11) is 1.58. The van der Waals surface area contributed by atoms with Crippen LogP contribution < -0.4 is 5.32 Å². The van der Waals surface area contributed by atoms with Crippen molar-refractivity contribution in [1.82, 2.24) is 10.2 Å². The number of amides is 1. The molecule has 0 unspecified atom stereocenters. The lowest BCUT2D eigenvalue weighted by atomic mass is 10.3. The highest BCUT2D eigenvalue weighted by molar-refractivity contribution is 5.79. The molecule has 0 aliphatic rings. The molecule has 2 N–H and O–H groups in total. The van der Waals surface area contributed by atoms with Crippen molar-refractivity contribution in [1.29, 1.82) is 0 Å². The normalized spacial score (nSPS) is 10.9. The molecule has 0 aromatic carbocycles. The lowest BCUT2D eigenvalue weighted by Gasteiger charge is -2.18. The average molecular weight is 214 g/mol. The number of carboxylic acids is 1. The van der Waals surface area contributed by atoms with Gasteiger partial charge < -0.3 is 10.4 Å². The number of carbonyl (C=O) groups is 2. The van der Waals surface area contributed by atoms with Crippen molar-refractivity contribution in [3.05, 3.63) is 12.2 Å². The molecule has 1 amide bonds. The van der Waals surface area contributed by atoms with E-state index >= 15 is 0 Å². The number of rotatable bonds is 7.